The standard InChI is InChI=1S/C19H19ClFNO5/c1-3-25-16-8-6-13(10-17(16)26-4-2)22-18(23)11-27-19(24)14-9-12(20)5-7-15(14)21/h5-10H,3-4,11H2,1-2H3,(H,22,23). The molecule has 2 aromatic carbocycles. The van der Waals surface area contributed by atoms with Crippen LogP contribution in [0.4, 0.5) is 10.1 Å². The lowest BCUT2D eigenvalue weighted by atomic mass is 10.2. The molecule has 0 aliphatic carbocycles. The van der Waals surface area contributed by atoms with Crippen molar-refractivity contribution in [2.24, 2.45) is 0 Å². The molecule has 0 aliphatic heterocycles. The Labute approximate surface area is 161 Å². The number of halogens is 2. The quantitative estimate of drug-likeness (QED) is 0.682. The molecular formula is C19H19ClFNO5. The predicted molar refractivity (Wildman–Crippen MR) is 99.1 cm³/mol. The molecule has 2 aromatic rings. The van der Waals surface area contributed by atoms with Gasteiger partial charge >= 0.3 is 5.97 Å². The first-order chi connectivity index (χ1) is 12.9. The molecule has 0 aromatic heterocycles. The van der Waals surface area contributed by atoms with Gasteiger partial charge in [-0.25, -0.2) is 9.18 Å². The Bertz CT molecular complexity index is 828. The summed E-state index contributed by atoms with van der Waals surface area (Å²) in [6.07, 6.45) is 0. The van der Waals surface area contributed by atoms with E-state index in [4.69, 9.17) is 25.8 Å². The fourth-order valence-corrected chi connectivity index (χ4v) is 2.36. The fourth-order valence-electron chi connectivity index (χ4n) is 2.19. The number of carbonyl (C=O) groups is 2. The van der Waals surface area contributed by atoms with E-state index in [-0.39, 0.29) is 10.6 Å². The summed E-state index contributed by atoms with van der Waals surface area (Å²) in [5, 5.41) is 2.76. The molecule has 0 atom stereocenters. The van der Waals surface area contributed by atoms with Crippen molar-refractivity contribution >= 4 is 29.2 Å². The lowest BCUT2D eigenvalue weighted by molar-refractivity contribution is -0.119. The maximum Gasteiger partial charge on any atom is 0.341 e. The van der Waals surface area contributed by atoms with E-state index in [1.165, 1.54) is 6.07 Å². The largest absolute Gasteiger partial charge is 0.490 e. The molecule has 0 saturated carbocycles. The average molecular weight is 396 g/mol. The third-order valence-corrected chi connectivity index (χ3v) is 3.54. The van der Waals surface area contributed by atoms with Crippen LogP contribution in [-0.4, -0.2) is 31.7 Å². The Kier molecular flexibility index (Phi) is 7.43. The van der Waals surface area contributed by atoms with E-state index in [0.29, 0.717) is 30.4 Å². The van der Waals surface area contributed by atoms with Gasteiger partial charge in [-0.3, -0.25) is 4.79 Å². The van der Waals surface area contributed by atoms with E-state index < -0.39 is 24.3 Å². The highest BCUT2D eigenvalue weighted by Crippen LogP contribution is 2.30. The summed E-state index contributed by atoms with van der Waals surface area (Å²) in [6, 6.07) is 8.39. The first kappa shape index (κ1) is 20.5. The van der Waals surface area contributed by atoms with Crippen molar-refractivity contribution in [3.8, 4) is 11.5 Å². The second kappa shape index (κ2) is 9.78. The van der Waals surface area contributed by atoms with Gasteiger partial charge in [-0.2, -0.15) is 0 Å². The number of carbonyl (C=O) groups excluding carboxylic acids is 2. The molecule has 8 heteroatoms. The summed E-state index contributed by atoms with van der Waals surface area (Å²) in [4.78, 5) is 23.9. The number of nitrogens with one attached hydrogen (secondary N) is 1. The number of ether oxygens (including phenoxy) is 3. The van der Waals surface area contributed by atoms with Gasteiger partial charge in [0.2, 0.25) is 0 Å². The second-order valence-electron chi connectivity index (χ2n) is 5.28. The van der Waals surface area contributed by atoms with E-state index in [2.05, 4.69) is 5.32 Å². The number of anilines is 1. The zero-order chi connectivity index (χ0) is 19.8. The minimum absolute atomic E-state index is 0.186. The van der Waals surface area contributed by atoms with Crippen molar-refractivity contribution in [3.63, 3.8) is 0 Å². The van der Waals surface area contributed by atoms with E-state index in [9.17, 15) is 14.0 Å². The molecule has 1 N–H and O–H groups in total. The maximum absolute atomic E-state index is 13.6. The summed E-state index contributed by atoms with van der Waals surface area (Å²) >= 11 is 5.73. The molecular weight excluding hydrogens is 377 g/mol. The number of benzene rings is 2. The monoisotopic (exact) mass is 395 g/mol. The first-order valence-corrected chi connectivity index (χ1v) is 8.64. The normalized spacial score (nSPS) is 10.2. The van der Waals surface area contributed by atoms with Gasteiger partial charge in [0.25, 0.3) is 5.91 Å². The Hall–Kier alpha value is -2.80. The summed E-state index contributed by atoms with van der Waals surface area (Å²) in [5.74, 6) is -1.31. The van der Waals surface area contributed by atoms with Gasteiger partial charge in [0.1, 0.15) is 5.82 Å². The second-order valence-corrected chi connectivity index (χ2v) is 5.71. The molecule has 0 saturated heterocycles. The van der Waals surface area contributed by atoms with Crippen molar-refractivity contribution in [1.82, 2.24) is 0 Å². The topological polar surface area (TPSA) is 73.9 Å². The number of hydrogen-bond acceptors (Lipinski definition) is 5. The van der Waals surface area contributed by atoms with E-state index in [1.807, 2.05) is 13.8 Å². The van der Waals surface area contributed by atoms with Gasteiger partial charge in [0.15, 0.2) is 18.1 Å². The molecule has 0 heterocycles. The SMILES string of the molecule is CCOc1ccc(NC(=O)COC(=O)c2cc(Cl)ccc2F)cc1OCC. The Morgan fingerprint density at radius 1 is 1.04 bits per heavy atom. The highest BCUT2D eigenvalue weighted by Gasteiger charge is 2.16. The Balaban J connectivity index is 1.98. The van der Waals surface area contributed by atoms with Crippen LogP contribution in [0.5, 0.6) is 11.5 Å². The van der Waals surface area contributed by atoms with Gasteiger partial charge in [-0.05, 0) is 44.2 Å². The minimum atomic E-state index is -0.980. The number of esters is 1. The zero-order valence-electron chi connectivity index (χ0n) is 14.9. The molecule has 1 amide bonds. The molecule has 144 valence electrons. The number of rotatable bonds is 8. The smallest absolute Gasteiger partial charge is 0.341 e. The van der Waals surface area contributed by atoms with Crippen LogP contribution < -0.4 is 14.8 Å². The van der Waals surface area contributed by atoms with E-state index >= 15 is 0 Å². The third-order valence-electron chi connectivity index (χ3n) is 3.31. The average Bonchev–Trinajstić information content (AvgIpc) is 2.64. The van der Waals surface area contributed by atoms with Crippen LogP contribution in [0.2, 0.25) is 5.02 Å². The molecule has 0 unspecified atom stereocenters. The molecule has 2 rings (SSSR count). The van der Waals surface area contributed by atoms with Crippen LogP contribution in [-0.2, 0) is 9.53 Å². The summed E-state index contributed by atoms with van der Waals surface area (Å²) in [7, 11) is 0. The molecule has 27 heavy (non-hydrogen) atoms. The van der Waals surface area contributed by atoms with Crippen molar-refractivity contribution in [3.05, 3.63) is 52.8 Å². The molecule has 0 aliphatic rings. The summed E-state index contributed by atoms with van der Waals surface area (Å²) in [5.41, 5.74) is 0.104. The van der Waals surface area contributed by atoms with Gasteiger partial charge in [-0.15, -0.1) is 0 Å². The van der Waals surface area contributed by atoms with Crippen LogP contribution in [0.25, 0.3) is 0 Å². The van der Waals surface area contributed by atoms with Crippen LogP contribution in [0.1, 0.15) is 24.2 Å². The minimum Gasteiger partial charge on any atom is -0.490 e. The lowest BCUT2D eigenvalue weighted by Crippen LogP contribution is -2.21. The summed E-state index contributed by atoms with van der Waals surface area (Å²) in [6.45, 7) is 4.00. The van der Waals surface area contributed by atoms with Gasteiger partial charge in [0.05, 0.1) is 18.8 Å². The van der Waals surface area contributed by atoms with Gasteiger partial charge in [-0.1, -0.05) is 11.6 Å². The number of hydrogen-bond donors (Lipinski definition) is 1. The van der Waals surface area contributed by atoms with Crippen LogP contribution in [0.3, 0.4) is 0 Å². The maximum atomic E-state index is 13.6. The van der Waals surface area contributed by atoms with Crippen LogP contribution in [0, 0.1) is 5.82 Å². The predicted octanol–water partition coefficient (Wildman–Crippen LogP) is 4.07. The highest BCUT2D eigenvalue weighted by molar-refractivity contribution is 6.30. The lowest BCUT2D eigenvalue weighted by Gasteiger charge is -2.13. The van der Waals surface area contributed by atoms with Crippen molar-refractivity contribution in [1.29, 1.82) is 0 Å². The van der Waals surface area contributed by atoms with Crippen molar-refractivity contribution in [2.75, 3.05) is 25.1 Å². The van der Waals surface area contributed by atoms with E-state index in [0.717, 1.165) is 12.1 Å². The third kappa shape index (κ3) is 5.86. The summed E-state index contributed by atoms with van der Waals surface area (Å²) < 4.78 is 29.4. The Morgan fingerprint density at radius 3 is 2.44 bits per heavy atom. The van der Waals surface area contributed by atoms with Crippen molar-refractivity contribution < 1.29 is 28.2 Å². The fraction of sp³-hybridized carbons (Fsp3) is 0.263. The number of amides is 1. The van der Waals surface area contributed by atoms with Gasteiger partial charge in [0, 0.05) is 16.8 Å². The molecule has 0 bridgehead atoms. The first-order valence-electron chi connectivity index (χ1n) is 8.26. The highest BCUT2D eigenvalue weighted by atomic mass is 35.5. The van der Waals surface area contributed by atoms with Crippen molar-refractivity contribution in [2.45, 2.75) is 13.8 Å². The van der Waals surface area contributed by atoms with Crippen LogP contribution >= 0.6 is 11.6 Å². The molecule has 6 nitrogen and oxygen atoms in total. The van der Waals surface area contributed by atoms with Crippen LogP contribution in [0.15, 0.2) is 36.4 Å². The van der Waals surface area contributed by atoms with E-state index in [1.54, 1.807) is 18.2 Å². The molecule has 0 fully saturated rings. The molecule has 0 radical (unpaired) electrons. The zero-order valence-corrected chi connectivity index (χ0v) is 15.6. The Morgan fingerprint density at radius 2 is 1.74 bits per heavy atom. The van der Waals surface area contributed by atoms with Gasteiger partial charge < -0.3 is 19.5 Å². The molecule has 0 spiro atoms.